The number of β-amino-alcohol motifs (C(OH)–C–C–N with tert-alkyl or cyclic N) is 1. The number of aliphatic hydroxyl groups is 1. The summed E-state index contributed by atoms with van der Waals surface area (Å²) in [4.78, 5) is 8.97. The molecule has 0 amide bonds. The lowest BCUT2D eigenvalue weighted by Crippen LogP contribution is -2.56. The van der Waals surface area contributed by atoms with Crippen LogP contribution in [0, 0.1) is 11.3 Å². The topological polar surface area (TPSA) is 212 Å². The second-order valence-corrected chi connectivity index (χ2v) is 20.1. The van der Waals surface area contributed by atoms with Crippen LogP contribution in [0.2, 0.25) is 10.0 Å². The van der Waals surface area contributed by atoms with E-state index in [4.69, 9.17) is 38.1 Å². The van der Waals surface area contributed by atoms with Gasteiger partial charge in [-0.2, -0.15) is 13.9 Å². The molecule has 5 atom stereocenters. The smallest absolute Gasteiger partial charge is 0.241 e. The number of hydrogen-bond donors (Lipinski definition) is 3. The number of nitriles is 1. The molecule has 3 N–H and O–H groups in total. The zero-order chi connectivity index (χ0) is 40.3. The number of fused-ring (bicyclic) bond motifs is 2. The first-order valence-corrected chi connectivity index (χ1v) is 23.2. The maximum absolute atomic E-state index is 12.7. The molecule has 2 saturated heterocycles. The Morgan fingerprint density at radius 1 is 0.964 bits per heavy atom. The van der Waals surface area contributed by atoms with Gasteiger partial charge in [0, 0.05) is 31.6 Å². The number of piperidine rings is 2. The van der Waals surface area contributed by atoms with E-state index in [1.807, 2.05) is 19.9 Å². The lowest BCUT2D eigenvalue weighted by molar-refractivity contribution is -0.106. The van der Waals surface area contributed by atoms with E-state index in [1.165, 1.54) is 14.9 Å². The number of sulfonamides is 2. The van der Waals surface area contributed by atoms with Crippen molar-refractivity contribution in [3.63, 3.8) is 0 Å². The fraction of sp³-hybridized carbons (Fsp3) is 0.629. The molecule has 7 rings (SSSR count). The van der Waals surface area contributed by atoms with Crippen LogP contribution in [0.4, 0.5) is 11.9 Å². The van der Waals surface area contributed by atoms with Gasteiger partial charge in [0.1, 0.15) is 17.1 Å². The van der Waals surface area contributed by atoms with Gasteiger partial charge in [0.2, 0.25) is 31.9 Å². The predicted molar refractivity (Wildman–Crippen MR) is 212 cm³/mol. The molecular formula is C35H47Cl2N11O6S2. The molecule has 0 bridgehead atoms. The van der Waals surface area contributed by atoms with Crippen LogP contribution >= 0.6 is 23.2 Å². The van der Waals surface area contributed by atoms with Crippen molar-refractivity contribution in [2.24, 2.45) is 0 Å². The molecule has 0 spiro atoms. The highest BCUT2D eigenvalue weighted by Crippen LogP contribution is 2.50. The molecule has 0 aromatic carbocycles. The first-order valence-electron chi connectivity index (χ1n) is 18.7. The van der Waals surface area contributed by atoms with Crippen molar-refractivity contribution in [2.75, 3.05) is 49.3 Å². The van der Waals surface area contributed by atoms with Crippen LogP contribution in [-0.2, 0) is 30.2 Å². The molecule has 21 heteroatoms. The lowest BCUT2D eigenvalue weighted by atomic mass is 9.63. The van der Waals surface area contributed by atoms with E-state index in [9.17, 15) is 27.2 Å². The van der Waals surface area contributed by atoms with Gasteiger partial charge in [-0.1, -0.05) is 44.0 Å². The molecule has 2 aliphatic heterocycles. The Morgan fingerprint density at radius 2 is 1.55 bits per heavy atom. The monoisotopic (exact) mass is 851 g/mol. The number of ether oxygens (including phenoxy) is 1. The fourth-order valence-corrected chi connectivity index (χ4v) is 10.5. The molecule has 1 saturated carbocycles. The number of halogens is 2. The van der Waals surface area contributed by atoms with Gasteiger partial charge in [-0.15, -0.1) is 10.2 Å². The lowest BCUT2D eigenvalue weighted by Gasteiger charge is -2.49. The van der Waals surface area contributed by atoms with Gasteiger partial charge in [-0.05, 0) is 50.5 Å². The summed E-state index contributed by atoms with van der Waals surface area (Å²) in [5, 5.41) is 37.6. The highest BCUT2D eigenvalue weighted by atomic mass is 35.5. The molecule has 1 unspecified atom stereocenters. The van der Waals surface area contributed by atoms with E-state index in [0.717, 1.165) is 24.8 Å². The van der Waals surface area contributed by atoms with Crippen molar-refractivity contribution < 1.29 is 26.7 Å². The van der Waals surface area contributed by atoms with E-state index in [1.54, 1.807) is 21.4 Å². The van der Waals surface area contributed by atoms with Crippen LogP contribution < -0.4 is 10.6 Å². The molecule has 4 aromatic rings. The SMILES string of the molecule is CCC(C)c1c(C#N)c(Cl)c2cnc(N[C@@H]3CCN(S(C)(=O)=O)C[C@H]3OC3CC(CC)(c4cc(Cl)c5cnc(N[C@@H]6CCN(S(C)(=O)=O)C[C@H]6O)nn45)C3)nn12. The first kappa shape index (κ1) is 40.8. The third-order valence-corrected chi connectivity index (χ3v) is 15.0. The maximum Gasteiger partial charge on any atom is 0.241 e. The van der Waals surface area contributed by atoms with E-state index in [2.05, 4.69) is 33.6 Å². The highest BCUT2D eigenvalue weighted by molar-refractivity contribution is 7.88. The highest BCUT2D eigenvalue weighted by Gasteiger charge is 2.49. The molecule has 56 heavy (non-hydrogen) atoms. The molecule has 4 aromatic heterocycles. The van der Waals surface area contributed by atoms with Crippen molar-refractivity contribution in [2.45, 2.75) is 101 Å². The van der Waals surface area contributed by atoms with E-state index < -0.39 is 38.3 Å². The summed E-state index contributed by atoms with van der Waals surface area (Å²) in [6.45, 7) is 6.84. The number of anilines is 2. The van der Waals surface area contributed by atoms with Crippen LogP contribution in [0.25, 0.3) is 11.0 Å². The number of nitrogens with one attached hydrogen (secondary N) is 2. The van der Waals surface area contributed by atoms with E-state index in [0.29, 0.717) is 70.5 Å². The second kappa shape index (κ2) is 15.4. The van der Waals surface area contributed by atoms with Crippen molar-refractivity contribution in [1.29, 1.82) is 5.26 Å². The standard InChI is InChI=1S/C35H47Cl2N11O6S2/c1-6-20(3)32-22(15-38)31(37)27-17-40-34(44-48(27)32)42-25-9-11-46(56(5,52)53)19-29(25)54-21-13-35(7-2,14-21)30-12-23(36)26-16-39-33(43-47(26)30)41-24-8-10-45(18-28(24)49)55(4,50)51/h12,16-17,20-21,24-25,28-29,49H,6-11,13-14,18-19H2,1-5H3,(H,41,43)(H,42,44)/t20?,21?,24-,25-,28-,29-,35?/m1/s1. The van der Waals surface area contributed by atoms with E-state index >= 15 is 0 Å². The van der Waals surface area contributed by atoms with Gasteiger partial charge in [-0.3, -0.25) is 0 Å². The fourth-order valence-electron chi connectivity index (χ4n) is 8.28. The zero-order valence-corrected chi connectivity index (χ0v) is 35.0. The van der Waals surface area contributed by atoms with E-state index in [-0.39, 0.29) is 49.1 Å². The Balaban J connectivity index is 1.10. The van der Waals surface area contributed by atoms with Crippen molar-refractivity contribution in [3.8, 4) is 6.07 Å². The normalized spacial score (nSPS) is 27.2. The van der Waals surface area contributed by atoms with Crippen LogP contribution in [0.15, 0.2) is 18.5 Å². The quantitative estimate of drug-likeness (QED) is 0.186. The summed E-state index contributed by atoms with van der Waals surface area (Å²) in [7, 11) is -6.91. The van der Waals surface area contributed by atoms with Crippen molar-refractivity contribution in [3.05, 3.63) is 45.5 Å². The largest absolute Gasteiger partial charge is 0.390 e. The zero-order valence-electron chi connectivity index (χ0n) is 31.9. The van der Waals surface area contributed by atoms with Crippen LogP contribution in [-0.4, -0.2) is 129 Å². The number of aliphatic hydroxyl groups excluding tert-OH is 1. The van der Waals surface area contributed by atoms with Crippen molar-refractivity contribution in [1.82, 2.24) is 37.8 Å². The molecular weight excluding hydrogens is 805 g/mol. The van der Waals surface area contributed by atoms with Crippen LogP contribution in [0.5, 0.6) is 0 Å². The minimum atomic E-state index is -3.49. The number of rotatable bonds is 12. The molecule has 0 radical (unpaired) electrons. The Hall–Kier alpha value is -3.35. The summed E-state index contributed by atoms with van der Waals surface area (Å²) >= 11 is 13.3. The molecule has 6 heterocycles. The summed E-state index contributed by atoms with van der Waals surface area (Å²) < 4.78 is 62.3. The van der Waals surface area contributed by atoms with Gasteiger partial charge in [0.05, 0.1) is 82.3 Å². The van der Waals surface area contributed by atoms with Crippen molar-refractivity contribution >= 4 is 66.2 Å². The third kappa shape index (κ3) is 7.66. The Morgan fingerprint density at radius 3 is 2.14 bits per heavy atom. The average molecular weight is 853 g/mol. The van der Waals surface area contributed by atoms with Gasteiger partial charge >= 0.3 is 0 Å². The molecule has 1 aliphatic carbocycles. The third-order valence-electron chi connectivity index (χ3n) is 11.8. The van der Waals surface area contributed by atoms with Gasteiger partial charge < -0.3 is 20.5 Å². The molecule has 17 nitrogen and oxygen atoms in total. The Bertz CT molecular complexity index is 2400. The number of nitrogens with zero attached hydrogens (tertiary/aromatic N) is 9. The molecule has 304 valence electrons. The second-order valence-electron chi connectivity index (χ2n) is 15.4. The summed E-state index contributed by atoms with van der Waals surface area (Å²) in [5.74, 6) is 0.606. The minimum Gasteiger partial charge on any atom is -0.390 e. The Labute approximate surface area is 336 Å². The van der Waals surface area contributed by atoms with Gasteiger partial charge in [0.25, 0.3) is 0 Å². The summed E-state index contributed by atoms with van der Waals surface area (Å²) in [6, 6.07) is 3.35. The van der Waals surface area contributed by atoms with Crippen LogP contribution in [0.3, 0.4) is 0 Å². The van der Waals surface area contributed by atoms with Gasteiger partial charge in [-0.25, -0.2) is 35.8 Å². The molecule has 3 aliphatic rings. The average Bonchev–Trinajstić information content (AvgIpc) is 3.61. The van der Waals surface area contributed by atoms with Gasteiger partial charge in [0.15, 0.2) is 0 Å². The predicted octanol–water partition coefficient (Wildman–Crippen LogP) is 3.61. The summed E-state index contributed by atoms with van der Waals surface area (Å²) in [5.41, 5.74) is 2.78. The molecule has 3 fully saturated rings. The Kier molecular flexibility index (Phi) is 11.3. The maximum atomic E-state index is 12.7. The summed E-state index contributed by atoms with van der Waals surface area (Å²) in [6.07, 6.45) is 7.48. The number of aromatic nitrogens is 6. The first-order chi connectivity index (χ1) is 26.5. The van der Waals surface area contributed by atoms with Crippen LogP contribution in [0.1, 0.15) is 82.2 Å². The minimum absolute atomic E-state index is 0.0147. The number of hydrogen-bond acceptors (Lipinski definition) is 13.